The summed E-state index contributed by atoms with van der Waals surface area (Å²) in [5, 5.41) is 3.17. The molecule has 1 atom stereocenters. The van der Waals surface area contributed by atoms with Crippen LogP contribution in [0, 0.1) is 0 Å². The fraction of sp³-hybridized carbons (Fsp3) is 0.909. The van der Waals surface area contributed by atoms with Gasteiger partial charge in [-0.1, -0.05) is 6.92 Å². The Hall–Kier alpha value is -0.610. The zero-order chi connectivity index (χ0) is 11.9. The van der Waals surface area contributed by atoms with Crippen LogP contribution in [0.3, 0.4) is 0 Å². The standard InChI is InChI=1S/C11H23NO3/c1-6-7-15-8-11(4,10(13)14-5)12-9(2)3/h9,12H,6-8H2,1-5H3. The summed E-state index contributed by atoms with van der Waals surface area (Å²) < 4.78 is 10.2. The van der Waals surface area contributed by atoms with Crippen molar-refractivity contribution < 1.29 is 14.3 Å². The monoisotopic (exact) mass is 217 g/mol. The third-order valence-electron chi connectivity index (χ3n) is 1.98. The first kappa shape index (κ1) is 14.4. The Balaban J connectivity index is 4.33. The predicted octanol–water partition coefficient (Wildman–Crippen LogP) is 1.34. The fourth-order valence-electron chi connectivity index (χ4n) is 1.44. The van der Waals surface area contributed by atoms with Gasteiger partial charge >= 0.3 is 5.97 Å². The zero-order valence-electron chi connectivity index (χ0n) is 10.4. The summed E-state index contributed by atoms with van der Waals surface area (Å²) in [5.74, 6) is -0.285. The number of hydrogen-bond donors (Lipinski definition) is 1. The first-order chi connectivity index (χ1) is 6.96. The SMILES string of the molecule is CCCOCC(C)(NC(C)C)C(=O)OC. The molecule has 90 valence electrons. The van der Waals surface area contributed by atoms with Gasteiger partial charge in [0.05, 0.1) is 13.7 Å². The Morgan fingerprint density at radius 3 is 2.47 bits per heavy atom. The summed E-state index contributed by atoms with van der Waals surface area (Å²) in [4.78, 5) is 11.6. The predicted molar refractivity (Wildman–Crippen MR) is 59.8 cm³/mol. The minimum absolute atomic E-state index is 0.208. The zero-order valence-corrected chi connectivity index (χ0v) is 10.4. The highest BCUT2D eigenvalue weighted by atomic mass is 16.5. The van der Waals surface area contributed by atoms with E-state index in [0.29, 0.717) is 13.2 Å². The quantitative estimate of drug-likeness (QED) is 0.516. The van der Waals surface area contributed by atoms with Crippen LogP contribution >= 0.6 is 0 Å². The van der Waals surface area contributed by atoms with Crippen molar-refractivity contribution in [3.63, 3.8) is 0 Å². The molecule has 0 aromatic carbocycles. The molecule has 1 unspecified atom stereocenters. The maximum Gasteiger partial charge on any atom is 0.328 e. The van der Waals surface area contributed by atoms with Crippen LogP contribution in [-0.2, 0) is 14.3 Å². The van der Waals surface area contributed by atoms with E-state index in [0.717, 1.165) is 6.42 Å². The molecule has 0 aliphatic rings. The average Bonchev–Trinajstić information content (AvgIpc) is 2.15. The molecule has 0 spiro atoms. The molecular formula is C11H23NO3. The molecule has 0 aromatic rings. The maximum atomic E-state index is 11.6. The van der Waals surface area contributed by atoms with Crippen molar-refractivity contribution in [3.8, 4) is 0 Å². The van der Waals surface area contributed by atoms with Crippen LogP contribution in [0.15, 0.2) is 0 Å². The number of rotatable bonds is 7. The van der Waals surface area contributed by atoms with Gasteiger partial charge < -0.3 is 9.47 Å². The van der Waals surface area contributed by atoms with Gasteiger partial charge in [-0.05, 0) is 27.2 Å². The van der Waals surface area contributed by atoms with E-state index in [1.807, 2.05) is 20.8 Å². The highest BCUT2D eigenvalue weighted by molar-refractivity contribution is 5.80. The Morgan fingerprint density at radius 2 is 2.07 bits per heavy atom. The van der Waals surface area contributed by atoms with Crippen molar-refractivity contribution in [2.75, 3.05) is 20.3 Å². The molecule has 0 saturated heterocycles. The number of esters is 1. The number of methoxy groups -OCH3 is 1. The number of ether oxygens (including phenoxy) is 2. The highest BCUT2D eigenvalue weighted by Gasteiger charge is 2.35. The van der Waals surface area contributed by atoms with Crippen molar-refractivity contribution in [3.05, 3.63) is 0 Å². The molecule has 0 fully saturated rings. The van der Waals surface area contributed by atoms with E-state index in [9.17, 15) is 4.79 Å². The van der Waals surface area contributed by atoms with Gasteiger partial charge in [0.15, 0.2) is 0 Å². The van der Waals surface area contributed by atoms with E-state index in [2.05, 4.69) is 5.32 Å². The summed E-state index contributed by atoms with van der Waals surface area (Å²) >= 11 is 0. The van der Waals surface area contributed by atoms with Gasteiger partial charge in [0.1, 0.15) is 5.54 Å². The molecule has 0 saturated carbocycles. The maximum absolute atomic E-state index is 11.6. The van der Waals surface area contributed by atoms with Crippen molar-refractivity contribution in [1.82, 2.24) is 5.32 Å². The van der Waals surface area contributed by atoms with Gasteiger partial charge in [0.2, 0.25) is 0 Å². The normalized spacial score (nSPS) is 15.1. The van der Waals surface area contributed by atoms with Crippen LogP contribution in [-0.4, -0.2) is 37.9 Å². The molecule has 0 bridgehead atoms. The Morgan fingerprint density at radius 1 is 1.47 bits per heavy atom. The summed E-state index contributed by atoms with van der Waals surface area (Å²) in [6, 6.07) is 0.208. The third-order valence-corrected chi connectivity index (χ3v) is 1.98. The van der Waals surface area contributed by atoms with Gasteiger partial charge in [-0.15, -0.1) is 0 Å². The van der Waals surface area contributed by atoms with Crippen molar-refractivity contribution in [2.45, 2.75) is 45.7 Å². The molecule has 0 heterocycles. The summed E-state index contributed by atoms with van der Waals surface area (Å²) in [5.41, 5.74) is -0.752. The minimum atomic E-state index is -0.752. The molecule has 0 aliphatic carbocycles. The van der Waals surface area contributed by atoms with Crippen LogP contribution in [0.2, 0.25) is 0 Å². The first-order valence-corrected chi connectivity index (χ1v) is 5.40. The Labute approximate surface area is 92.3 Å². The van der Waals surface area contributed by atoms with Crippen LogP contribution in [0.1, 0.15) is 34.1 Å². The number of nitrogens with one attached hydrogen (secondary N) is 1. The molecule has 0 radical (unpaired) electrons. The average molecular weight is 217 g/mol. The Kier molecular flexibility index (Phi) is 6.52. The van der Waals surface area contributed by atoms with E-state index < -0.39 is 5.54 Å². The molecule has 0 rings (SSSR count). The molecule has 4 nitrogen and oxygen atoms in total. The second kappa shape index (κ2) is 6.80. The number of hydrogen-bond acceptors (Lipinski definition) is 4. The lowest BCUT2D eigenvalue weighted by atomic mass is 10.0. The van der Waals surface area contributed by atoms with Crippen LogP contribution in [0.5, 0.6) is 0 Å². The van der Waals surface area contributed by atoms with Crippen molar-refractivity contribution >= 4 is 5.97 Å². The number of carbonyl (C=O) groups excluding carboxylic acids is 1. The number of carbonyl (C=O) groups is 1. The van der Waals surface area contributed by atoms with Gasteiger partial charge in [-0.3, -0.25) is 5.32 Å². The summed E-state index contributed by atoms with van der Waals surface area (Å²) in [7, 11) is 1.39. The van der Waals surface area contributed by atoms with Gasteiger partial charge in [-0.25, -0.2) is 4.79 Å². The second-order valence-electron chi connectivity index (χ2n) is 4.18. The summed E-state index contributed by atoms with van der Waals surface area (Å²) in [6.45, 7) is 8.81. The van der Waals surface area contributed by atoms with E-state index in [4.69, 9.17) is 9.47 Å². The molecule has 0 amide bonds. The fourth-order valence-corrected chi connectivity index (χ4v) is 1.44. The molecule has 0 aliphatic heterocycles. The summed E-state index contributed by atoms with van der Waals surface area (Å²) in [6.07, 6.45) is 0.943. The lowest BCUT2D eigenvalue weighted by Gasteiger charge is -2.29. The third kappa shape index (κ3) is 5.14. The second-order valence-corrected chi connectivity index (χ2v) is 4.18. The first-order valence-electron chi connectivity index (χ1n) is 5.40. The molecule has 1 N–H and O–H groups in total. The Bertz CT molecular complexity index is 194. The van der Waals surface area contributed by atoms with E-state index >= 15 is 0 Å². The van der Waals surface area contributed by atoms with Crippen molar-refractivity contribution in [1.29, 1.82) is 0 Å². The van der Waals surface area contributed by atoms with E-state index in [-0.39, 0.29) is 12.0 Å². The smallest absolute Gasteiger partial charge is 0.328 e. The lowest BCUT2D eigenvalue weighted by molar-refractivity contribution is -0.151. The molecule has 15 heavy (non-hydrogen) atoms. The van der Waals surface area contributed by atoms with E-state index in [1.165, 1.54) is 7.11 Å². The highest BCUT2D eigenvalue weighted by Crippen LogP contribution is 2.09. The van der Waals surface area contributed by atoms with Crippen molar-refractivity contribution in [2.24, 2.45) is 0 Å². The van der Waals surface area contributed by atoms with Gasteiger partial charge in [-0.2, -0.15) is 0 Å². The van der Waals surface area contributed by atoms with Crippen LogP contribution in [0.4, 0.5) is 0 Å². The van der Waals surface area contributed by atoms with Gasteiger partial charge in [0.25, 0.3) is 0 Å². The van der Waals surface area contributed by atoms with Crippen LogP contribution < -0.4 is 5.32 Å². The molecule has 0 aromatic heterocycles. The largest absolute Gasteiger partial charge is 0.468 e. The molecular weight excluding hydrogens is 194 g/mol. The van der Waals surface area contributed by atoms with Gasteiger partial charge in [0, 0.05) is 12.6 Å². The van der Waals surface area contributed by atoms with Crippen LogP contribution in [0.25, 0.3) is 0 Å². The van der Waals surface area contributed by atoms with E-state index in [1.54, 1.807) is 6.92 Å². The lowest BCUT2D eigenvalue weighted by Crippen LogP contribution is -2.56. The topological polar surface area (TPSA) is 47.6 Å². The minimum Gasteiger partial charge on any atom is -0.468 e. The molecule has 4 heteroatoms.